The van der Waals surface area contributed by atoms with Gasteiger partial charge < -0.3 is 4.90 Å². The van der Waals surface area contributed by atoms with Gasteiger partial charge in [0.25, 0.3) is 0 Å². The van der Waals surface area contributed by atoms with Crippen molar-refractivity contribution in [1.82, 2.24) is 9.88 Å². The Morgan fingerprint density at radius 2 is 2.05 bits per heavy atom. The van der Waals surface area contributed by atoms with Crippen LogP contribution in [0.3, 0.4) is 0 Å². The molecule has 4 heteroatoms. The second-order valence-electron chi connectivity index (χ2n) is 6.31. The Hall–Kier alpha value is -0.740. The van der Waals surface area contributed by atoms with Crippen LogP contribution >= 0.6 is 11.3 Å². The lowest BCUT2D eigenvalue weighted by Gasteiger charge is -2.29. The molecule has 0 unspecified atom stereocenters. The van der Waals surface area contributed by atoms with Crippen LogP contribution in [-0.4, -0.2) is 35.3 Å². The third-order valence-electron chi connectivity index (χ3n) is 4.08. The van der Waals surface area contributed by atoms with Crippen LogP contribution in [-0.2, 0) is 6.42 Å². The predicted octanol–water partition coefficient (Wildman–Crippen LogP) is 3.74. The first-order chi connectivity index (χ1) is 9.47. The summed E-state index contributed by atoms with van der Waals surface area (Å²) in [4.78, 5) is 19.8. The highest BCUT2D eigenvalue weighted by molar-refractivity contribution is 7.13. The first kappa shape index (κ1) is 15.6. The van der Waals surface area contributed by atoms with Crippen LogP contribution in [0.25, 0.3) is 0 Å². The molecule has 1 saturated heterocycles. The molecule has 0 aromatic carbocycles. The summed E-state index contributed by atoms with van der Waals surface area (Å²) >= 11 is 1.60. The van der Waals surface area contributed by atoms with Gasteiger partial charge in [-0.05, 0) is 37.8 Å². The molecule has 0 radical (unpaired) electrons. The summed E-state index contributed by atoms with van der Waals surface area (Å²) in [6.07, 6.45) is 3.60. The van der Waals surface area contributed by atoms with Crippen molar-refractivity contribution in [1.29, 1.82) is 0 Å². The summed E-state index contributed by atoms with van der Waals surface area (Å²) in [5.41, 5.74) is 0.991. The minimum absolute atomic E-state index is 0.157. The number of carbonyl (C=O) groups excluding carboxylic acids is 1. The monoisotopic (exact) mass is 294 g/mol. The summed E-state index contributed by atoms with van der Waals surface area (Å²) in [6.45, 7) is 11.7. The largest absolute Gasteiger partial charge is 0.303 e. The van der Waals surface area contributed by atoms with E-state index in [1.165, 1.54) is 25.9 Å². The molecule has 20 heavy (non-hydrogen) atoms. The van der Waals surface area contributed by atoms with Gasteiger partial charge in [0.15, 0.2) is 5.78 Å². The third kappa shape index (κ3) is 3.89. The van der Waals surface area contributed by atoms with E-state index in [0.717, 1.165) is 34.5 Å². The number of nitrogens with zero attached hydrogens (tertiary/aromatic N) is 2. The van der Waals surface area contributed by atoms with Gasteiger partial charge in [0.05, 0.1) is 15.6 Å². The van der Waals surface area contributed by atoms with E-state index in [1.807, 2.05) is 0 Å². The number of rotatable bonds is 5. The smallest absolute Gasteiger partial charge is 0.171 e. The molecule has 0 atom stereocenters. The van der Waals surface area contributed by atoms with Crippen LogP contribution in [0.5, 0.6) is 0 Å². The van der Waals surface area contributed by atoms with Crippen LogP contribution in [0.2, 0.25) is 0 Å². The average Bonchev–Trinajstić information content (AvgIpc) is 2.83. The Morgan fingerprint density at radius 1 is 1.40 bits per heavy atom. The lowest BCUT2D eigenvalue weighted by molar-refractivity contribution is 0.102. The van der Waals surface area contributed by atoms with Crippen molar-refractivity contribution in [3.8, 4) is 0 Å². The fraction of sp³-hybridized carbons (Fsp3) is 0.750. The molecule has 112 valence electrons. The maximum Gasteiger partial charge on any atom is 0.171 e. The molecule has 3 nitrogen and oxygen atoms in total. The van der Waals surface area contributed by atoms with Crippen LogP contribution < -0.4 is 0 Å². The first-order valence-electron chi connectivity index (χ1n) is 7.70. The van der Waals surface area contributed by atoms with Gasteiger partial charge >= 0.3 is 0 Å². The highest BCUT2D eigenvalue weighted by atomic mass is 32.1. The van der Waals surface area contributed by atoms with E-state index in [9.17, 15) is 4.79 Å². The summed E-state index contributed by atoms with van der Waals surface area (Å²) in [6, 6.07) is 0. The molecule has 1 aromatic rings. The van der Waals surface area contributed by atoms with Crippen molar-refractivity contribution in [2.45, 2.75) is 52.9 Å². The topological polar surface area (TPSA) is 33.2 Å². The zero-order valence-electron chi connectivity index (χ0n) is 13.1. The number of carbonyl (C=O) groups is 1. The molecule has 0 aliphatic carbocycles. The van der Waals surface area contributed by atoms with E-state index < -0.39 is 0 Å². The number of hydrogen-bond donors (Lipinski definition) is 0. The van der Waals surface area contributed by atoms with Crippen molar-refractivity contribution in [3.63, 3.8) is 0 Å². The number of aromatic nitrogens is 1. The zero-order valence-corrected chi connectivity index (χ0v) is 13.9. The van der Waals surface area contributed by atoms with Crippen molar-refractivity contribution in [2.24, 2.45) is 5.92 Å². The number of hydrogen-bond acceptors (Lipinski definition) is 4. The van der Waals surface area contributed by atoms with Crippen LogP contribution in [0.1, 0.15) is 66.8 Å². The van der Waals surface area contributed by atoms with E-state index in [1.54, 1.807) is 18.3 Å². The number of Topliss-reactive ketones (excluding diaryl/α,β-unsaturated/α-hetero) is 1. The van der Waals surface area contributed by atoms with Gasteiger partial charge in [0.2, 0.25) is 0 Å². The summed E-state index contributed by atoms with van der Waals surface area (Å²) in [7, 11) is 0. The minimum Gasteiger partial charge on any atom is -0.303 e. The molecular weight excluding hydrogens is 268 g/mol. The number of ketones is 1. The standard InChI is InChI=1S/C16H26N2OS/c1-11(2)15-16(13(4)19)20-14(17-15)7-10-18-8-5-12(3)6-9-18/h11-12H,5-10H2,1-4H3. The Morgan fingerprint density at radius 3 is 2.55 bits per heavy atom. The van der Waals surface area contributed by atoms with Gasteiger partial charge in [0, 0.05) is 19.9 Å². The van der Waals surface area contributed by atoms with Crippen molar-refractivity contribution in [3.05, 3.63) is 15.6 Å². The minimum atomic E-state index is 0.157. The quantitative estimate of drug-likeness (QED) is 0.776. The van der Waals surface area contributed by atoms with Crippen molar-refractivity contribution < 1.29 is 4.79 Å². The first-order valence-corrected chi connectivity index (χ1v) is 8.52. The number of piperidine rings is 1. The summed E-state index contributed by atoms with van der Waals surface area (Å²) < 4.78 is 0. The van der Waals surface area contributed by atoms with E-state index in [4.69, 9.17) is 4.98 Å². The van der Waals surface area contributed by atoms with E-state index in [2.05, 4.69) is 25.7 Å². The van der Waals surface area contributed by atoms with Crippen LogP contribution in [0, 0.1) is 5.92 Å². The fourth-order valence-electron chi connectivity index (χ4n) is 2.67. The Labute approximate surface area is 126 Å². The molecule has 1 aromatic heterocycles. The second kappa shape index (κ2) is 6.81. The molecule has 1 aliphatic heterocycles. The van der Waals surface area contributed by atoms with E-state index >= 15 is 0 Å². The van der Waals surface area contributed by atoms with Gasteiger partial charge in [-0.3, -0.25) is 4.79 Å². The van der Waals surface area contributed by atoms with E-state index in [-0.39, 0.29) is 5.78 Å². The molecule has 1 fully saturated rings. The van der Waals surface area contributed by atoms with Gasteiger partial charge in [0.1, 0.15) is 0 Å². The average molecular weight is 294 g/mol. The SMILES string of the molecule is CC(=O)c1sc(CCN2CCC(C)CC2)nc1C(C)C. The number of thiazole rings is 1. The highest BCUT2D eigenvalue weighted by Crippen LogP contribution is 2.26. The summed E-state index contributed by atoms with van der Waals surface area (Å²) in [5, 5.41) is 1.12. The Kier molecular flexibility index (Phi) is 5.33. The van der Waals surface area contributed by atoms with Crippen LogP contribution in [0.15, 0.2) is 0 Å². The second-order valence-corrected chi connectivity index (χ2v) is 7.39. The number of likely N-dealkylation sites (tertiary alicyclic amines) is 1. The van der Waals surface area contributed by atoms with Crippen molar-refractivity contribution >= 4 is 17.1 Å². The molecule has 0 saturated carbocycles. The third-order valence-corrected chi connectivity index (χ3v) is 5.31. The molecule has 0 spiro atoms. The van der Waals surface area contributed by atoms with Gasteiger partial charge in [-0.15, -0.1) is 11.3 Å². The Bertz CT molecular complexity index is 459. The molecule has 1 aliphatic rings. The summed E-state index contributed by atoms with van der Waals surface area (Å²) in [5.74, 6) is 1.36. The Balaban J connectivity index is 1.96. The molecular formula is C16H26N2OS. The normalized spacial score (nSPS) is 17.9. The van der Waals surface area contributed by atoms with E-state index in [0.29, 0.717) is 5.92 Å². The molecule has 0 amide bonds. The lowest BCUT2D eigenvalue weighted by Crippen LogP contribution is -2.34. The predicted molar refractivity (Wildman–Crippen MR) is 84.7 cm³/mol. The maximum atomic E-state index is 11.7. The van der Waals surface area contributed by atoms with Crippen LogP contribution in [0.4, 0.5) is 0 Å². The molecule has 0 N–H and O–H groups in total. The van der Waals surface area contributed by atoms with Gasteiger partial charge in [-0.25, -0.2) is 4.98 Å². The molecule has 2 rings (SSSR count). The van der Waals surface area contributed by atoms with Gasteiger partial charge in [-0.2, -0.15) is 0 Å². The zero-order chi connectivity index (χ0) is 14.7. The maximum absolute atomic E-state index is 11.7. The molecule has 0 bridgehead atoms. The van der Waals surface area contributed by atoms with Crippen molar-refractivity contribution in [2.75, 3.05) is 19.6 Å². The lowest BCUT2D eigenvalue weighted by atomic mass is 9.99. The fourth-order valence-corrected chi connectivity index (χ4v) is 3.77. The van der Waals surface area contributed by atoms with Gasteiger partial charge in [-0.1, -0.05) is 20.8 Å². The highest BCUT2D eigenvalue weighted by Gasteiger charge is 2.19. The molecule has 2 heterocycles.